The number of Topliss-reactive ketones (excluding diaryl/α,β-unsaturated/α-hetero) is 2. The van der Waals surface area contributed by atoms with Gasteiger partial charge < -0.3 is 9.64 Å². The predicted molar refractivity (Wildman–Crippen MR) is 137 cm³/mol. The molecule has 0 radical (unpaired) electrons. The first-order valence-corrected chi connectivity index (χ1v) is 12.5. The van der Waals surface area contributed by atoms with Crippen LogP contribution in [0, 0.1) is 18.2 Å². The van der Waals surface area contributed by atoms with Crippen LogP contribution in [0.4, 0.5) is 4.39 Å². The average Bonchev–Trinajstić information content (AvgIpc) is 2.90. The molecule has 2 fully saturated rings. The number of carbonyl (C=O) groups is 3. The molecular formula is C30H29FN2O4. The molecule has 1 saturated heterocycles. The average molecular weight is 501 g/mol. The highest BCUT2D eigenvalue weighted by atomic mass is 19.1. The summed E-state index contributed by atoms with van der Waals surface area (Å²) in [7, 11) is 1.53. The van der Waals surface area contributed by atoms with Crippen molar-refractivity contribution < 1.29 is 23.5 Å². The lowest BCUT2D eigenvalue weighted by atomic mass is 9.63. The Bertz CT molecular complexity index is 1330. The summed E-state index contributed by atoms with van der Waals surface area (Å²) < 4.78 is 19.0. The molecule has 0 unspecified atom stereocenters. The van der Waals surface area contributed by atoms with Crippen molar-refractivity contribution in [2.24, 2.45) is 5.41 Å². The fraction of sp³-hybridized carbons (Fsp3) is 0.333. The van der Waals surface area contributed by atoms with Crippen LogP contribution in [0.5, 0.6) is 5.75 Å². The number of carbonyl (C=O) groups excluding carboxylic acids is 3. The third-order valence-corrected chi connectivity index (χ3v) is 7.77. The van der Waals surface area contributed by atoms with Gasteiger partial charge in [0, 0.05) is 37.7 Å². The number of hydrogen-bond donors (Lipinski definition) is 0. The summed E-state index contributed by atoms with van der Waals surface area (Å²) >= 11 is 0. The van der Waals surface area contributed by atoms with E-state index < -0.39 is 11.3 Å². The van der Waals surface area contributed by atoms with Crippen molar-refractivity contribution in [1.82, 2.24) is 9.88 Å². The number of ether oxygens (including phenoxy) is 1. The van der Waals surface area contributed by atoms with Gasteiger partial charge in [-0.15, -0.1) is 0 Å². The van der Waals surface area contributed by atoms with Crippen molar-refractivity contribution in [3.05, 3.63) is 83.4 Å². The summed E-state index contributed by atoms with van der Waals surface area (Å²) in [5.41, 5.74) is 3.04. The van der Waals surface area contributed by atoms with E-state index in [1.807, 2.05) is 19.1 Å². The lowest BCUT2D eigenvalue weighted by Crippen LogP contribution is -2.48. The highest BCUT2D eigenvalue weighted by Crippen LogP contribution is 2.48. The van der Waals surface area contributed by atoms with Gasteiger partial charge in [-0.05, 0) is 72.2 Å². The smallest absolute Gasteiger partial charge is 0.272 e. The molecule has 37 heavy (non-hydrogen) atoms. The van der Waals surface area contributed by atoms with E-state index in [1.54, 1.807) is 41.4 Å². The molecule has 1 aliphatic heterocycles. The van der Waals surface area contributed by atoms with Crippen molar-refractivity contribution >= 4 is 17.5 Å². The van der Waals surface area contributed by atoms with E-state index in [0.29, 0.717) is 55.8 Å². The highest BCUT2D eigenvalue weighted by molar-refractivity contribution is 6.11. The predicted octanol–water partition coefficient (Wildman–Crippen LogP) is 5.14. The normalized spacial score (nSPS) is 17.8. The molecule has 2 aliphatic rings. The number of amides is 1. The maximum Gasteiger partial charge on any atom is 0.272 e. The number of aryl methyl sites for hydroxylation is 1. The lowest BCUT2D eigenvalue weighted by molar-refractivity contribution is -0.138. The Morgan fingerprint density at radius 2 is 1.68 bits per heavy atom. The van der Waals surface area contributed by atoms with Crippen LogP contribution in [0.25, 0.3) is 11.1 Å². The standard InChI is InChI=1S/C30H29FN2O4/c1-19-15-21(20-6-8-22(31)9-7-20)16-26(37-2)27(19)28-24(34)17-30(18-25(28)35)10-13-33(14-11-30)29(36)23-5-3-4-12-32-23/h3-9,12,15-16,28H,10-11,13-14,17-18H2,1-2H3. The number of aromatic nitrogens is 1. The number of pyridine rings is 1. The van der Waals surface area contributed by atoms with Gasteiger partial charge in [-0.3, -0.25) is 19.4 Å². The molecule has 1 aromatic heterocycles. The van der Waals surface area contributed by atoms with E-state index in [-0.39, 0.29) is 23.3 Å². The van der Waals surface area contributed by atoms with Gasteiger partial charge in [-0.25, -0.2) is 4.39 Å². The maximum atomic E-state index is 13.5. The summed E-state index contributed by atoms with van der Waals surface area (Å²) in [4.78, 5) is 45.7. The fourth-order valence-electron chi connectivity index (χ4n) is 5.81. The van der Waals surface area contributed by atoms with Crippen LogP contribution >= 0.6 is 0 Å². The molecule has 1 aliphatic carbocycles. The number of methoxy groups -OCH3 is 1. The first kappa shape index (κ1) is 24.8. The molecule has 0 atom stereocenters. The van der Waals surface area contributed by atoms with Crippen molar-refractivity contribution in [3.8, 4) is 16.9 Å². The quantitative estimate of drug-likeness (QED) is 0.464. The Hall–Kier alpha value is -3.87. The number of benzene rings is 2. The number of rotatable bonds is 4. The molecule has 190 valence electrons. The van der Waals surface area contributed by atoms with Crippen LogP contribution in [0.1, 0.15) is 53.2 Å². The van der Waals surface area contributed by atoms with E-state index in [9.17, 15) is 18.8 Å². The molecular weight excluding hydrogens is 471 g/mol. The Labute approximate surface area is 215 Å². The molecule has 2 heterocycles. The molecule has 1 spiro atoms. The summed E-state index contributed by atoms with van der Waals surface area (Å²) in [5.74, 6) is -1.02. The summed E-state index contributed by atoms with van der Waals surface area (Å²) in [6, 6.07) is 15.1. The van der Waals surface area contributed by atoms with E-state index in [1.165, 1.54) is 19.2 Å². The zero-order valence-electron chi connectivity index (χ0n) is 21.0. The summed E-state index contributed by atoms with van der Waals surface area (Å²) in [5, 5.41) is 0. The summed E-state index contributed by atoms with van der Waals surface area (Å²) in [6.07, 6.45) is 3.42. The number of nitrogens with zero attached hydrogens (tertiary/aromatic N) is 2. The third kappa shape index (κ3) is 4.78. The topological polar surface area (TPSA) is 76.6 Å². The van der Waals surface area contributed by atoms with Crippen LogP contribution in [-0.2, 0) is 9.59 Å². The molecule has 6 nitrogen and oxygen atoms in total. The highest BCUT2D eigenvalue weighted by Gasteiger charge is 2.48. The molecule has 1 amide bonds. The van der Waals surface area contributed by atoms with Crippen molar-refractivity contribution in [3.63, 3.8) is 0 Å². The van der Waals surface area contributed by atoms with E-state index in [4.69, 9.17) is 4.74 Å². The SMILES string of the molecule is COc1cc(-c2ccc(F)cc2)cc(C)c1C1C(=O)CC2(CCN(C(=O)c3ccccn3)CC2)CC1=O. The van der Waals surface area contributed by atoms with Gasteiger partial charge in [-0.1, -0.05) is 24.3 Å². The van der Waals surface area contributed by atoms with Gasteiger partial charge >= 0.3 is 0 Å². The van der Waals surface area contributed by atoms with Gasteiger partial charge in [0.25, 0.3) is 5.91 Å². The second-order valence-corrected chi connectivity index (χ2v) is 10.1. The van der Waals surface area contributed by atoms with E-state index >= 15 is 0 Å². The Kier molecular flexibility index (Phi) is 6.63. The number of hydrogen-bond acceptors (Lipinski definition) is 5. The first-order valence-electron chi connectivity index (χ1n) is 12.5. The molecule has 3 aromatic rings. The van der Waals surface area contributed by atoms with Gasteiger partial charge in [0.2, 0.25) is 0 Å². The minimum Gasteiger partial charge on any atom is -0.496 e. The number of likely N-dealkylation sites (tertiary alicyclic amines) is 1. The van der Waals surface area contributed by atoms with Gasteiger partial charge in [0.1, 0.15) is 34.7 Å². The fourth-order valence-corrected chi connectivity index (χ4v) is 5.81. The zero-order chi connectivity index (χ0) is 26.2. The molecule has 1 saturated carbocycles. The molecule has 0 bridgehead atoms. The third-order valence-electron chi connectivity index (χ3n) is 7.77. The van der Waals surface area contributed by atoms with Gasteiger partial charge in [0.05, 0.1) is 7.11 Å². The van der Waals surface area contributed by atoms with Gasteiger partial charge in [-0.2, -0.15) is 0 Å². The number of piperidine rings is 1. The Morgan fingerprint density at radius 3 is 2.27 bits per heavy atom. The lowest BCUT2D eigenvalue weighted by Gasteiger charge is -2.44. The zero-order valence-corrected chi connectivity index (χ0v) is 21.0. The minimum absolute atomic E-state index is 0.100. The van der Waals surface area contributed by atoms with Crippen LogP contribution < -0.4 is 4.74 Å². The van der Waals surface area contributed by atoms with Crippen molar-refractivity contribution in [2.75, 3.05) is 20.2 Å². The van der Waals surface area contributed by atoms with Crippen LogP contribution in [0.2, 0.25) is 0 Å². The molecule has 2 aromatic carbocycles. The Balaban J connectivity index is 1.35. The van der Waals surface area contributed by atoms with Crippen molar-refractivity contribution in [1.29, 1.82) is 0 Å². The summed E-state index contributed by atoms with van der Waals surface area (Å²) in [6.45, 7) is 2.86. The Morgan fingerprint density at radius 1 is 1.00 bits per heavy atom. The number of ketones is 2. The van der Waals surface area contributed by atoms with E-state index in [2.05, 4.69) is 4.98 Å². The van der Waals surface area contributed by atoms with Crippen LogP contribution in [0.3, 0.4) is 0 Å². The second kappa shape index (κ2) is 9.88. The van der Waals surface area contributed by atoms with Crippen LogP contribution in [0.15, 0.2) is 60.8 Å². The second-order valence-electron chi connectivity index (χ2n) is 10.1. The van der Waals surface area contributed by atoms with Gasteiger partial charge in [0.15, 0.2) is 0 Å². The molecule has 0 N–H and O–H groups in total. The monoisotopic (exact) mass is 500 g/mol. The molecule has 5 rings (SSSR count). The van der Waals surface area contributed by atoms with E-state index in [0.717, 1.165) is 16.7 Å². The first-order chi connectivity index (χ1) is 17.8. The number of halogens is 1. The maximum absolute atomic E-state index is 13.5. The van der Waals surface area contributed by atoms with Crippen molar-refractivity contribution in [2.45, 2.75) is 38.5 Å². The van der Waals surface area contributed by atoms with Crippen LogP contribution in [-0.4, -0.2) is 47.6 Å². The molecule has 7 heteroatoms. The minimum atomic E-state index is -0.865. The largest absolute Gasteiger partial charge is 0.496 e.